The van der Waals surface area contributed by atoms with E-state index in [9.17, 15) is 28.0 Å². The van der Waals surface area contributed by atoms with Gasteiger partial charge in [0.05, 0.1) is 82.7 Å². The normalized spacial score (nSPS) is 23.2. The van der Waals surface area contributed by atoms with Gasteiger partial charge >= 0.3 is 0 Å². The summed E-state index contributed by atoms with van der Waals surface area (Å²) in [6, 6.07) is 49.4. The van der Waals surface area contributed by atoms with Gasteiger partial charge in [-0.3, -0.25) is 9.97 Å². The Labute approximate surface area is 810 Å². The molecule has 0 N–H and O–H groups in total. The molecular weight excluding hydrogens is 1780 g/mol. The molecule has 6 aromatic carbocycles. The first kappa shape index (κ1) is 92.3. The van der Waals surface area contributed by atoms with E-state index in [1.54, 1.807) is 104 Å². The molecule has 0 fully saturated rings. The van der Waals surface area contributed by atoms with Crippen LogP contribution >= 0.6 is 0 Å². The van der Waals surface area contributed by atoms with E-state index in [0.29, 0.717) is 106 Å². The number of carbonyl (C=O) groups is 4. The van der Waals surface area contributed by atoms with Crippen molar-refractivity contribution in [3.05, 3.63) is 361 Å². The van der Waals surface area contributed by atoms with E-state index < -0.39 is 33.3 Å². The van der Waals surface area contributed by atoms with E-state index >= 15 is 8.78 Å². The first-order chi connectivity index (χ1) is 67.9. The molecule has 9 heterocycles. The first-order valence-corrected chi connectivity index (χ1v) is 47.1. The van der Waals surface area contributed by atoms with Gasteiger partial charge in [0.1, 0.15) is 34.6 Å². The average molecular weight is 1870 g/mol. The minimum absolute atomic E-state index is 0.00611. The minimum atomic E-state index is -0.732. The molecule has 12 atom stereocenters. The lowest BCUT2D eigenvalue weighted by Crippen LogP contribution is -2.46. The van der Waals surface area contributed by atoms with Gasteiger partial charge in [0.25, 0.3) is 5.89 Å². The van der Waals surface area contributed by atoms with Crippen molar-refractivity contribution in [2.45, 2.75) is 142 Å². The van der Waals surface area contributed by atoms with Crippen molar-refractivity contribution in [3.63, 3.8) is 0 Å². The summed E-state index contributed by atoms with van der Waals surface area (Å²) in [7, 11) is 1.92. The second-order valence-corrected chi connectivity index (χ2v) is 38.6. The predicted octanol–water partition coefficient (Wildman–Crippen LogP) is 23.2. The number of Topliss-reactive ketones (excluding diaryl/α,β-unsaturated/α-hetero) is 4. The maximum atomic E-state index is 15.2. The van der Waals surface area contributed by atoms with Crippen molar-refractivity contribution in [1.82, 2.24) is 69.5 Å². The Morgan fingerprint density at radius 2 is 0.702 bits per heavy atom. The lowest BCUT2D eigenvalue weighted by molar-refractivity contribution is -0.122. The van der Waals surface area contributed by atoms with Crippen LogP contribution in [0, 0.1) is 111 Å². The summed E-state index contributed by atoms with van der Waals surface area (Å²) in [5.74, 6) is -0.797. The highest BCUT2D eigenvalue weighted by atomic mass is 19.1. The molecule has 696 valence electrons. The van der Waals surface area contributed by atoms with Crippen LogP contribution in [-0.4, -0.2) is 92.7 Å². The number of pyridine rings is 3. The van der Waals surface area contributed by atoms with Crippen LogP contribution < -0.4 is 0 Å². The Morgan fingerprint density at radius 3 is 1.10 bits per heavy atom. The van der Waals surface area contributed by atoms with Gasteiger partial charge in [-0.25, -0.2) is 81.8 Å². The number of hydrogen-bond donors (Lipinski definition) is 0. The largest absolute Gasteiger partial charge is 0.335 e. The number of para-hydroxylation sites is 2. The van der Waals surface area contributed by atoms with E-state index in [-0.39, 0.29) is 116 Å². The molecule has 0 amide bonds. The quantitative estimate of drug-likeness (QED) is 0.101. The molecule has 15 aromatic rings. The molecule has 8 aliphatic rings. The van der Waals surface area contributed by atoms with Crippen molar-refractivity contribution >= 4 is 56.0 Å². The van der Waals surface area contributed by atoms with Crippen LogP contribution in [0.5, 0.6) is 0 Å². The fourth-order valence-electron chi connectivity index (χ4n) is 23.5. The smallest absolute Gasteiger partial charge is 0.276 e. The second kappa shape index (κ2) is 35.9. The molecule has 0 radical (unpaired) electrons. The van der Waals surface area contributed by atoms with E-state index in [1.165, 1.54) is 24.3 Å². The average Bonchev–Trinajstić information content (AvgIpc) is 0.869. The molecule has 0 aliphatic heterocycles. The van der Waals surface area contributed by atoms with Crippen LogP contribution in [-0.2, 0) is 73.6 Å². The summed E-state index contributed by atoms with van der Waals surface area (Å²) in [5.41, 5.74) is 13.7. The molecule has 0 bridgehead atoms. The van der Waals surface area contributed by atoms with Crippen LogP contribution in [0.25, 0.3) is 143 Å². The molecule has 0 saturated carbocycles. The molecule has 23 rings (SSSR count). The number of allylic oxidation sites excluding steroid dienone is 8. The summed E-state index contributed by atoms with van der Waals surface area (Å²) in [4.78, 5) is 123. The van der Waals surface area contributed by atoms with Crippen molar-refractivity contribution < 1.29 is 41.3 Å². The molecule has 141 heavy (non-hydrogen) atoms. The van der Waals surface area contributed by atoms with E-state index in [1.807, 2.05) is 144 Å². The Hall–Kier alpha value is -16.4. The lowest BCUT2D eigenvalue weighted by atomic mass is 9.58. The van der Waals surface area contributed by atoms with Gasteiger partial charge in [-0.05, 0) is 174 Å². The Bertz CT molecular complexity index is 8190. The monoisotopic (exact) mass is 1870 g/mol. The lowest BCUT2D eigenvalue weighted by Gasteiger charge is -2.46. The van der Waals surface area contributed by atoms with Crippen LogP contribution in [0.1, 0.15) is 138 Å². The number of nitrogens with zero attached hydrogens (tertiary/aromatic N) is 18. The zero-order valence-electron chi connectivity index (χ0n) is 79.1. The molecule has 9 aromatic heterocycles. The van der Waals surface area contributed by atoms with Crippen molar-refractivity contribution in [2.24, 2.45) is 54.4 Å². The zero-order chi connectivity index (χ0) is 98.7. The van der Waals surface area contributed by atoms with Crippen LogP contribution in [0.15, 0.2) is 240 Å². The van der Waals surface area contributed by atoms with Crippen molar-refractivity contribution in [2.75, 3.05) is 0 Å². The summed E-state index contributed by atoms with van der Waals surface area (Å²) in [6.07, 6.45) is 18.0. The number of aryl methyl sites for hydroxylation is 3. The van der Waals surface area contributed by atoms with Gasteiger partial charge in [-0.15, -0.1) is 0 Å². The highest BCUT2D eigenvalue weighted by Gasteiger charge is 2.55. The standard InChI is InChI=1S/C31H25FN4O.C29H24FN5O.C27H21F2N3O.C27H22N6O2/c1-17-15-22(19-9-6-8-12-25(19)34-17)30-35-27(20-10-5-7-11-24(20)32)21-13-14-23-18(2)28(37)26(33-4)16-31(23,3)29(21)36-30;1-16-21-12-11-19-24(18-8-5-6-10-22(18)30)33-27(20-15-35(4)28-17(20)9-7-13-32-28)34-26(19)29(21,2)14-23(31-3)25(16)36;1-15-19-13-12-18-23(16-8-4-6-10-20(16)28)31-26(17-9-5-7-11-21(17)29)32-25(18)27(19,2)14-22(30-3)24(15)33;1-14-19-10-9-18-22(26-30-15(2)33-35-26)31-25(17-11-12-29-20-8-6-5-7-16(17)20)32-24(18)27(19,3)13-21(28-4)23(14)34/h5-12,15-16,18,23H,13-14H2,1-3H3;5-10,13-16,21H,11-12H2,1-2,4H3;4-11,14-15,19H,12-13H2,1-2H3;5-8,11-14,19H,9-10H2,1-3H3/t18-,23-,31-;16-,21-,29-;15-,19-,27-;14-,19-,27-/m1111/s1. The molecule has 0 spiro atoms. The number of ketones is 4. The van der Waals surface area contributed by atoms with E-state index in [2.05, 4.69) is 70.2 Å². The van der Waals surface area contributed by atoms with Gasteiger partial charge in [-0.2, -0.15) is 4.98 Å². The Kier molecular flexibility index (Phi) is 23.5. The minimum Gasteiger partial charge on any atom is -0.335 e. The summed E-state index contributed by atoms with van der Waals surface area (Å²) in [6.45, 7) is 49.8. The summed E-state index contributed by atoms with van der Waals surface area (Å²) in [5, 5.41) is 6.74. The summed E-state index contributed by atoms with van der Waals surface area (Å²) < 4.78 is 67.4. The van der Waals surface area contributed by atoms with Crippen molar-refractivity contribution in [1.29, 1.82) is 0 Å². The van der Waals surface area contributed by atoms with Gasteiger partial charge in [0, 0.05) is 148 Å². The number of benzene rings is 6. The molecular formula is C114H92F4N18O5. The zero-order valence-corrected chi connectivity index (χ0v) is 79.1. The second-order valence-electron chi connectivity index (χ2n) is 38.6. The van der Waals surface area contributed by atoms with Gasteiger partial charge in [0.2, 0.25) is 22.8 Å². The van der Waals surface area contributed by atoms with Gasteiger partial charge < -0.3 is 28.3 Å². The van der Waals surface area contributed by atoms with E-state index in [4.69, 9.17) is 65.7 Å². The fourth-order valence-corrected chi connectivity index (χ4v) is 23.5. The van der Waals surface area contributed by atoms with Gasteiger partial charge in [-0.1, -0.05) is 170 Å². The predicted molar refractivity (Wildman–Crippen MR) is 526 cm³/mol. The first-order valence-electron chi connectivity index (χ1n) is 47.1. The molecule has 0 unspecified atom stereocenters. The van der Waals surface area contributed by atoms with Crippen molar-refractivity contribution in [3.8, 4) is 90.9 Å². The van der Waals surface area contributed by atoms with Gasteiger partial charge in [0.15, 0.2) is 52.3 Å². The molecule has 23 nitrogen and oxygen atoms in total. The fraction of sp³-hybridized carbons (Fsp3) is 0.272. The molecule has 27 heteroatoms. The van der Waals surface area contributed by atoms with Crippen LogP contribution in [0.4, 0.5) is 17.6 Å². The van der Waals surface area contributed by atoms with E-state index in [0.717, 1.165) is 114 Å². The number of hydrogen-bond acceptors (Lipinski definition) is 18. The number of carbonyl (C=O) groups excluding carboxylic acids is 4. The summed E-state index contributed by atoms with van der Waals surface area (Å²) >= 11 is 0. The Balaban J connectivity index is 0.000000115. The molecule has 8 aliphatic carbocycles. The number of halogens is 4. The SMILES string of the molecule is [C-]#[N+]C1=C[C@@]2(C)c3nc(-c4cc(C)nc5ccccc45)nc(-c4ccccc4F)c3CC[C@@H]2[C@@H](C)C1=O.[C-]#[N+]C1=C[C@@]2(C)c3nc(-c4ccccc4F)nc(-c4ccccc4F)c3CC[C@@H]2[C@@H](C)C1=O.[C-]#[N+]C1=C[C@@]2(C)c3nc(-c4ccnc5ccccc45)nc(-c4nc(C)no4)c3CC[C@@H]2[C@@H](C)C1=O.[C-]#[N+]C1=C[C@@]2(C)c3nc(-c4cn(C)c5ncccc45)nc(-c4ccccc4F)c3CC[C@@H]2[C@@H](C)C1=O. The third kappa shape index (κ3) is 15.5. The third-order valence-corrected chi connectivity index (χ3v) is 30.5. The topological polar surface area (TPSA) is 271 Å². The van der Waals surface area contributed by atoms with Crippen LogP contribution in [0.2, 0.25) is 0 Å². The molecule has 0 saturated heterocycles. The third-order valence-electron chi connectivity index (χ3n) is 30.5. The number of aromatic nitrogens is 14. The highest BCUT2D eigenvalue weighted by molar-refractivity contribution is 6.04. The maximum absolute atomic E-state index is 15.2. The number of fused-ring (bicyclic) bond motifs is 15. The van der Waals surface area contributed by atoms with Crippen LogP contribution in [0.3, 0.4) is 0 Å². The highest BCUT2D eigenvalue weighted by Crippen LogP contribution is 2.57. The maximum Gasteiger partial charge on any atom is 0.276 e. The number of rotatable bonds is 8. The Morgan fingerprint density at radius 1 is 0.362 bits per heavy atom.